The molecule has 40 heavy (non-hydrogen) atoms. The van der Waals surface area contributed by atoms with E-state index in [-0.39, 0.29) is 5.41 Å². The van der Waals surface area contributed by atoms with Crippen LogP contribution in [-0.2, 0) is 5.41 Å². The van der Waals surface area contributed by atoms with Crippen LogP contribution in [0.3, 0.4) is 0 Å². The van der Waals surface area contributed by atoms with E-state index in [0.717, 1.165) is 0 Å². The van der Waals surface area contributed by atoms with Gasteiger partial charge in [-0.2, -0.15) is 0 Å². The average Bonchev–Trinajstić information content (AvgIpc) is 3.49. The predicted molar refractivity (Wildman–Crippen MR) is 170 cm³/mol. The smallest absolute Gasteiger partial charge is 0.0544 e. The first-order chi connectivity index (χ1) is 19.6. The summed E-state index contributed by atoms with van der Waals surface area (Å²) in [6.07, 6.45) is 0. The number of aromatic nitrogens is 1. The Morgan fingerprint density at radius 1 is 0.425 bits per heavy atom. The number of benzene rings is 6. The number of fused-ring (bicyclic) bond motifs is 6. The van der Waals surface area contributed by atoms with Gasteiger partial charge in [-0.3, -0.25) is 0 Å². The van der Waals surface area contributed by atoms with Crippen molar-refractivity contribution in [1.82, 2.24) is 4.98 Å². The third-order valence-corrected chi connectivity index (χ3v) is 8.81. The normalized spacial score (nSPS) is 13.4. The highest BCUT2D eigenvalue weighted by atomic mass is 14.7. The van der Waals surface area contributed by atoms with Gasteiger partial charge in [-0.25, -0.2) is 0 Å². The van der Waals surface area contributed by atoms with Gasteiger partial charge in [0.2, 0.25) is 0 Å². The largest absolute Gasteiger partial charge is 0.354 e. The molecule has 1 nitrogen and oxygen atoms in total. The summed E-state index contributed by atoms with van der Waals surface area (Å²) in [5.74, 6) is 0. The van der Waals surface area contributed by atoms with Crippen LogP contribution in [0.2, 0.25) is 0 Å². The number of aromatic amines is 1. The number of rotatable bonds is 3. The maximum absolute atomic E-state index is 3.74. The summed E-state index contributed by atoms with van der Waals surface area (Å²) in [5, 5.41) is 2.52. The van der Waals surface area contributed by atoms with E-state index in [2.05, 4.69) is 152 Å². The molecule has 0 spiro atoms. The third-order valence-electron chi connectivity index (χ3n) is 8.81. The number of hydrogen-bond acceptors (Lipinski definition) is 0. The van der Waals surface area contributed by atoms with Gasteiger partial charge >= 0.3 is 0 Å². The van der Waals surface area contributed by atoms with Gasteiger partial charge in [-0.1, -0.05) is 117 Å². The molecule has 1 aliphatic rings. The third kappa shape index (κ3) is 3.41. The highest BCUT2D eigenvalue weighted by Gasteiger charge is 2.35. The zero-order valence-electron chi connectivity index (χ0n) is 22.7. The van der Waals surface area contributed by atoms with Crippen LogP contribution in [-0.4, -0.2) is 4.98 Å². The van der Waals surface area contributed by atoms with E-state index >= 15 is 0 Å². The predicted octanol–water partition coefficient (Wildman–Crippen LogP) is 10.6. The van der Waals surface area contributed by atoms with Gasteiger partial charge in [-0.05, 0) is 80.4 Å². The molecule has 0 saturated carbocycles. The Morgan fingerprint density at radius 3 is 2.00 bits per heavy atom. The van der Waals surface area contributed by atoms with Crippen LogP contribution in [0.1, 0.15) is 25.0 Å². The Bertz CT molecular complexity index is 2070. The lowest BCUT2D eigenvalue weighted by molar-refractivity contribution is 0.660. The van der Waals surface area contributed by atoms with Gasteiger partial charge in [-0.15, -0.1) is 0 Å². The molecule has 8 rings (SSSR count). The van der Waals surface area contributed by atoms with Crippen molar-refractivity contribution in [2.45, 2.75) is 19.3 Å². The van der Waals surface area contributed by atoms with E-state index in [1.807, 2.05) is 0 Å². The van der Waals surface area contributed by atoms with Gasteiger partial charge in [0, 0.05) is 27.3 Å². The monoisotopic (exact) mass is 511 g/mol. The SMILES string of the molecule is CC1(C)c2ccccc2-c2cc(-c3cccc(-c4cc(-c5ccccc5)cc5c4[nH]c4ccccc45)c3)ccc21. The van der Waals surface area contributed by atoms with Gasteiger partial charge in [0.1, 0.15) is 0 Å². The number of hydrogen-bond donors (Lipinski definition) is 1. The van der Waals surface area contributed by atoms with Crippen molar-refractivity contribution < 1.29 is 0 Å². The lowest BCUT2D eigenvalue weighted by Gasteiger charge is -2.21. The van der Waals surface area contributed by atoms with Gasteiger partial charge < -0.3 is 4.98 Å². The van der Waals surface area contributed by atoms with Crippen molar-refractivity contribution in [3.05, 3.63) is 145 Å². The molecular weight excluding hydrogens is 482 g/mol. The van der Waals surface area contributed by atoms with Crippen molar-refractivity contribution in [3.8, 4) is 44.5 Å². The summed E-state index contributed by atoms with van der Waals surface area (Å²) < 4.78 is 0. The van der Waals surface area contributed by atoms with Gasteiger partial charge in [0.15, 0.2) is 0 Å². The van der Waals surface area contributed by atoms with Gasteiger partial charge in [0.05, 0.1) is 5.52 Å². The van der Waals surface area contributed by atoms with Crippen molar-refractivity contribution in [3.63, 3.8) is 0 Å². The summed E-state index contributed by atoms with van der Waals surface area (Å²) in [7, 11) is 0. The van der Waals surface area contributed by atoms with Crippen LogP contribution in [0.4, 0.5) is 0 Å². The molecule has 0 atom stereocenters. The molecule has 1 heterocycles. The second-order valence-corrected chi connectivity index (χ2v) is 11.5. The average molecular weight is 512 g/mol. The maximum atomic E-state index is 3.74. The van der Waals surface area contributed by atoms with Crippen LogP contribution >= 0.6 is 0 Å². The Labute approximate surface area is 234 Å². The van der Waals surface area contributed by atoms with Crippen LogP contribution in [0.15, 0.2) is 133 Å². The molecule has 6 aromatic carbocycles. The highest BCUT2D eigenvalue weighted by molar-refractivity contribution is 6.13. The van der Waals surface area contributed by atoms with E-state index < -0.39 is 0 Å². The minimum atomic E-state index is 0.0193. The fourth-order valence-corrected chi connectivity index (χ4v) is 6.74. The first-order valence-corrected chi connectivity index (χ1v) is 14.0. The molecule has 1 aromatic heterocycles. The Balaban J connectivity index is 1.32. The van der Waals surface area contributed by atoms with Crippen LogP contribution in [0.25, 0.3) is 66.3 Å². The first kappa shape index (κ1) is 23.0. The van der Waals surface area contributed by atoms with E-state index in [0.29, 0.717) is 0 Å². The Kier molecular flexibility index (Phi) is 4.93. The molecule has 0 aliphatic heterocycles. The van der Waals surface area contributed by atoms with Crippen LogP contribution in [0.5, 0.6) is 0 Å². The van der Waals surface area contributed by atoms with Crippen LogP contribution < -0.4 is 0 Å². The van der Waals surface area contributed by atoms with E-state index in [1.165, 1.54) is 77.4 Å². The minimum Gasteiger partial charge on any atom is -0.354 e. The quantitative estimate of drug-likeness (QED) is 0.243. The molecule has 0 amide bonds. The first-order valence-electron chi connectivity index (χ1n) is 14.0. The molecule has 0 fully saturated rings. The standard InChI is InChI=1S/C39H29N/c1-39(2)35-17-8-6-15-30(35)33-22-27(19-20-36(33)39)26-13-10-14-28(21-26)32-23-29(25-11-4-3-5-12-25)24-34-31-16-7-9-18-37(31)40-38(32)34/h3-24,40H,1-2H3. The molecule has 0 radical (unpaired) electrons. The molecule has 0 saturated heterocycles. The summed E-state index contributed by atoms with van der Waals surface area (Å²) >= 11 is 0. The van der Waals surface area contributed by atoms with Crippen LogP contribution in [0, 0.1) is 0 Å². The zero-order chi connectivity index (χ0) is 26.8. The molecular formula is C39H29N. The zero-order valence-corrected chi connectivity index (χ0v) is 22.7. The summed E-state index contributed by atoms with van der Waals surface area (Å²) in [4.78, 5) is 3.74. The summed E-state index contributed by atoms with van der Waals surface area (Å²) in [5.41, 5.74) is 15.3. The Hall–Kier alpha value is -4.88. The van der Waals surface area contributed by atoms with Crippen molar-refractivity contribution in [2.75, 3.05) is 0 Å². The number of nitrogens with one attached hydrogen (secondary N) is 1. The lowest BCUT2D eigenvalue weighted by Crippen LogP contribution is -2.14. The second kappa shape index (κ2) is 8.56. The topological polar surface area (TPSA) is 15.8 Å². The number of para-hydroxylation sites is 1. The molecule has 190 valence electrons. The molecule has 0 bridgehead atoms. The summed E-state index contributed by atoms with van der Waals surface area (Å²) in [6.45, 7) is 4.67. The van der Waals surface area contributed by atoms with Gasteiger partial charge in [0.25, 0.3) is 0 Å². The second-order valence-electron chi connectivity index (χ2n) is 11.5. The minimum absolute atomic E-state index is 0.0193. The maximum Gasteiger partial charge on any atom is 0.0544 e. The molecule has 0 unspecified atom stereocenters. The summed E-state index contributed by atoms with van der Waals surface area (Å²) in [6, 6.07) is 48.9. The molecule has 1 aliphatic carbocycles. The number of H-pyrrole nitrogens is 1. The fourth-order valence-electron chi connectivity index (χ4n) is 6.74. The molecule has 7 aromatic rings. The van der Waals surface area contributed by atoms with E-state index in [9.17, 15) is 0 Å². The molecule has 1 N–H and O–H groups in total. The van der Waals surface area contributed by atoms with E-state index in [4.69, 9.17) is 0 Å². The lowest BCUT2D eigenvalue weighted by atomic mass is 9.82. The van der Waals surface area contributed by atoms with E-state index in [1.54, 1.807) is 0 Å². The molecule has 1 heteroatoms. The van der Waals surface area contributed by atoms with Crippen molar-refractivity contribution >= 4 is 21.8 Å². The van der Waals surface area contributed by atoms with Crippen molar-refractivity contribution in [1.29, 1.82) is 0 Å². The highest BCUT2D eigenvalue weighted by Crippen LogP contribution is 2.49. The Morgan fingerprint density at radius 2 is 1.10 bits per heavy atom. The fraction of sp³-hybridized carbons (Fsp3) is 0.0769. The van der Waals surface area contributed by atoms with Crippen molar-refractivity contribution in [2.24, 2.45) is 0 Å².